The van der Waals surface area contributed by atoms with Crippen molar-refractivity contribution in [2.24, 2.45) is 5.92 Å². The normalized spacial score (nSPS) is 20.2. The summed E-state index contributed by atoms with van der Waals surface area (Å²) in [4.78, 5) is 11.1. The first-order valence-corrected chi connectivity index (χ1v) is 8.18. The third kappa shape index (κ3) is 4.21. The summed E-state index contributed by atoms with van der Waals surface area (Å²) in [5, 5.41) is 17.0. The second-order valence-electron chi connectivity index (χ2n) is 6.09. The van der Waals surface area contributed by atoms with E-state index >= 15 is 0 Å². The van der Waals surface area contributed by atoms with Gasteiger partial charge >= 0.3 is 6.09 Å². The number of piperidine rings is 1. The highest BCUT2D eigenvalue weighted by Crippen LogP contribution is 2.39. The summed E-state index contributed by atoms with van der Waals surface area (Å²) in [7, 11) is 1.27. The molecular formula is C17H24F2N2O3. The van der Waals surface area contributed by atoms with Gasteiger partial charge in [-0.15, -0.1) is 0 Å². The molecule has 0 radical (unpaired) electrons. The summed E-state index contributed by atoms with van der Waals surface area (Å²) in [6, 6.07) is 3.87. The summed E-state index contributed by atoms with van der Waals surface area (Å²) in [6.45, 7) is 1.67. The van der Waals surface area contributed by atoms with Gasteiger partial charge in [-0.3, -0.25) is 0 Å². The van der Waals surface area contributed by atoms with Crippen LogP contribution in [0, 0.1) is 17.6 Å². The molecule has 1 fully saturated rings. The first-order valence-electron chi connectivity index (χ1n) is 8.18. The van der Waals surface area contributed by atoms with Crippen molar-refractivity contribution in [3.63, 3.8) is 0 Å². The van der Waals surface area contributed by atoms with E-state index in [1.807, 2.05) is 0 Å². The summed E-state index contributed by atoms with van der Waals surface area (Å²) < 4.78 is 32.4. The monoisotopic (exact) mass is 342 g/mol. The molecule has 2 atom stereocenters. The molecule has 134 valence electrons. The zero-order valence-corrected chi connectivity index (χ0v) is 13.8. The molecule has 2 unspecified atom stereocenters. The minimum Gasteiger partial charge on any atom is -0.453 e. The largest absolute Gasteiger partial charge is 0.453 e. The molecule has 5 nitrogen and oxygen atoms in total. The number of methoxy groups -OCH3 is 1. The van der Waals surface area contributed by atoms with Crippen LogP contribution in [0.3, 0.4) is 0 Å². The van der Waals surface area contributed by atoms with E-state index in [0.29, 0.717) is 13.0 Å². The fourth-order valence-electron chi connectivity index (χ4n) is 3.28. The van der Waals surface area contributed by atoms with Crippen LogP contribution in [0.25, 0.3) is 0 Å². The van der Waals surface area contributed by atoms with Crippen molar-refractivity contribution in [3.05, 3.63) is 35.4 Å². The number of alkyl carbamates (subject to hydrolysis) is 1. The van der Waals surface area contributed by atoms with Gasteiger partial charge in [0, 0.05) is 24.6 Å². The number of hydrogen-bond acceptors (Lipinski definition) is 4. The van der Waals surface area contributed by atoms with Gasteiger partial charge in [-0.1, -0.05) is 12.1 Å². The lowest BCUT2D eigenvalue weighted by atomic mass is 9.74. The maximum atomic E-state index is 14.3. The number of rotatable bonds is 6. The Labute approximate surface area is 140 Å². The van der Waals surface area contributed by atoms with Crippen LogP contribution < -0.4 is 10.6 Å². The van der Waals surface area contributed by atoms with Gasteiger partial charge in [-0.05, 0) is 38.3 Å². The van der Waals surface area contributed by atoms with E-state index in [9.17, 15) is 18.7 Å². The molecule has 1 aromatic carbocycles. The van der Waals surface area contributed by atoms with Crippen molar-refractivity contribution in [2.45, 2.75) is 31.3 Å². The van der Waals surface area contributed by atoms with Gasteiger partial charge in [0.25, 0.3) is 0 Å². The Kier molecular flexibility index (Phi) is 6.51. The number of hydrogen-bond donors (Lipinski definition) is 3. The van der Waals surface area contributed by atoms with E-state index in [4.69, 9.17) is 0 Å². The Morgan fingerprint density at radius 3 is 2.96 bits per heavy atom. The average Bonchev–Trinajstić information content (AvgIpc) is 2.61. The fraction of sp³-hybridized carbons (Fsp3) is 0.588. The summed E-state index contributed by atoms with van der Waals surface area (Å²) in [5.74, 6) is -2.20. The topological polar surface area (TPSA) is 70.6 Å². The third-order valence-electron chi connectivity index (χ3n) is 4.58. The smallest absolute Gasteiger partial charge is 0.406 e. The molecule has 1 aliphatic heterocycles. The molecule has 0 saturated carbocycles. The van der Waals surface area contributed by atoms with E-state index in [-0.39, 0.29) is 24.4 Å². The van der Waals surface area contributed by atoms with Crippen LogP contribution in [0.5, 0.6) is 0 Å². The first kappa shape index (κ1) is 18.6. The Balaban J connectivity index is 2.17. The third-order valence-corrected chi connectivity index (χ3v) is 4.58. The SMILES string of the molecule is COC(=O)NCCCC(O)(c1cccc(F)c1F)C1CCCNC1. The van der Waals surface area contributed by atoms with E-state index in [0.717, 1.165) is 25.5 Å². The molecule has 2 rings (SSSR count). The molecule has 0 spiro atoms. The Hall–Kier alpha value is -1.73. The van der Waals surface area contributed by atoms with Gasteiger partial charge in [0.05, 0.1) is 12.7 Å². The zero-order chi connectivity index (χ0) is 17.6. The molecule has 1 saturated heterocycles. The standard InChI is InChI=1S/C17H24F2N2O3/c1-24-16(22)21-10-4-8-17(23,12-5-3-9-20-11-12)13-6-2-7-14(18)15(13)19/h2,6-7,12,20,23H,3-5,8-11H2,1H3,(H,21,22). The van der Waals surface area contributed by atoms with Gasteiger partial charge in [0.1, 0.15) is 0 Å². The second kappa shape index (κ2) is 8.39. The Morgan fingerprint density at radius 2 is 2.29 bits per heavy atom. The molecule has 1 amide bonds. The highest BCUT2D eigenvalue weighted by Gasteiger charge is 2.41. The molecule has 0 bridgehead atoms. The van der Waals surface area contributed by atoms with Gasteiger partial charge < -0.3 is 20.5 Å². The fourth-order valence-corrected chi connectivity index (χ4v) is 3.28. The quantitative estimate of drug-likeness (QED) is 0.694. The van der Waals surface area contributed by atoms with Crippen molar-refractivity contribution in [2.75, 3.05) is 26.7 Å². The molecule has 0 aliphatic carbocycles. The van der Waals surface area contributed by atoms with E-state index in [1.165, 1.54) is 19.2 Å². The summed E-state index contributed by atoms with van der Waals surface area (Å²) in [5.41, 5.74) is -1.51. The number of aliphatic hydroxyl groups is 1. The van der Waals surface area contributed by atoms with Crippen molar-refractivity contribution in [3.8, 4) is 0 Å². The van der Waals surface area contributed by atoms with E-state index in [1.54, 1.807) is 0 Å². The zero-order valence-electron chi connectivity index (χ0n) is 13.8. The van der Waals surface area contributed by atoms with Gasteiger partial charge in [-0.25, -0.2) is 13.6 Å². The number of ether oxygens (including phenoxy) is 1. The maximum Gasteiger partial charge on any atom is 0.406 e. The van der Waals surface area contributed by atoms with E-state index in [2.05, 4.69) is 15.4 Å². The minimum absolute atomic E-state index is 0.0192. The molecule has 3 N–H and O–H groups in total. The summed E-state index contributed by atoms with van der Waals surface area (Å²) >= 11 is 0. The van der Waals surface area contributed by atoms with Crippen LogP contribution in [0.2, 0.25) is 0 Å². The molecule has 1 aromatic rings. The van der Waals surface area contributed by atoms with Crippen molar-refractivity contribution >= 4 is 6.09 Å². The van der Waals surface area contributed by atoms with Crippen LogP contribution in [0.4, 0.5) is 13.6 Å². The van der Waals surface area contributed by atoms with Crippen molar-refractivity contribution < 1.29 is 23.4 Å². The molecule has 24 heavy (non-hydrogen) atoms. The predicted octanol–water partition coefficient (Wildman–Crippen LogP) is 2.29. The second-order valence-corrected chi connectivity index (χ2v) is 6.09. The number of carbonyl (C=O) groups excluding carboxylic acids is 1. The Bertz CT molecular complexity index is 565. The minimum atomic E-state index is -1.49. The molecular weight excluding hydrogens is 318 g/mol. The number of nitrogens with one attached hydrogen (secondary N) is 2. The number of halogens is 2. The van der Waals surface area contributed by atoms with Crippen LogP contribution in [0.15, 0.2) is 18.2 Å². The van der Waals surface area contributed by atoms with Crippen molar-refractivity contribution in [1.82, 2.24) is 10.6 Å². The predicted molar refractivity (Wildman–Crippen MR) is 85.5 cm³/mol. The van der Waals surface area contributed by atoms with Crippen LogP contribution >= 0.6 is 0 Å². The van der Waals surface area contributed by atoms with Gasteiger partial charge in [-0.2, -0.15) is 0 Å². The highest BCUT2D eigenvalue weighted by molar-refractivity contribution is 5.66. The maximum absolute atomic E-state index is 14.3. The molecule has 1 aliphatic rings. The van der Waals surface area contributed by atoms with Gasteiger partial charge in [0.2, 0.25) is 0 Å². The van der Waals surface area contributed by atoms with Crippen molar-refractivity contribution in [1.29, 1.82) is 0 Å². The van der Waals surface area contributed by atoms with Gasteiger partial charge in [0.15, 0.2) is 11.6 Å². The van der Waals surface area contributed by atoms with Crippen LogP contribution in [-0.4, -0.2) is 37.9 Å². The molecule has 0 aromatic heterocycles. The Morgan fingerprint density at radius 1 is 1.50 bits per heavy atom. The van der Waals surface area contributed by atoms with E-state index < -0.39 is 23.3 Å². The lowest BCUT2D eigenvalue weighted by Crippen LogP contribution is -2.45. The number of benzene rings is 1. The number of carbonyl (C=O) groups is 1. The first-order chi connectivity index (χ1) is 11.5. The lowest BCUT2D eigenvalue weighted by Gasteiger charge is -2.39. The molecule has 7 heteroatoms. The van der Waals surface area contributed by atoms with Crippen LogP contribution in [0.1, 0.15) is 31.2 Å². The average molecular weight is 342 g/mol. The molecule has 1 heterocycles. The van der Waals surface area contributed by atoms with Crippen LogP contribution in [-0.2, 0) is 10.3 Å². The number of amides is 1. The lowest BCUT2D eigenvalue weighted by molar-refractivity contribution is -0.0452. The highest BCUT2D eigenvalue weighted by atomic mass is 19.2. The summed E-state index contributed by atoms with van der Waals surface area (Å²) in [6.07, 6.45) is 1.66.